The van der Waals surface area contributed by atoms with E-state index in [1.54, 1.807) is 0 Å². The first-order valence-electron chi connectivity index (χ1n) is 9.67. The molecule has 5 heteroatoms. The van der Waals surface area contributed by atoms with Crippen molar-refractivity contribution in [3.63, 3.8) is 0 Å². The molecule has 0 aromatic carbocycles. The molecule has 2 saturated heterocycles. The van der Waals surface area contributed by atoms with Crippen molar-refractivity contribution in [3.8, 4) is 5.88 Å². The zero-order valence-electron chi connectivity index (χ0n) is 16.0. The monoisotopic (exact) mass is 344 g/mol. The molecule has 2 aliphatic heterocycles. The van der Waals surface area contributed by atoms with Crippen LogP contribution in [0.25, 0.3) is 0 Å². The van der Waals surface area contributed by atoms with E-state index in [-0.39, 0.29) is 0 Å². The number of aromatic nitrogens is 1. The van der Waals surface area contributed by atoms with Gasteiger partial charge in [-0.1, -0.05) is 13.8 Å². The second-order valence-corrected chi connectivity index (χ2v) is 9.49. The molecule has 3 aliphatic rings. The molecule has 0 amide bonds. The van der Waals surface area contributed by atoms with Gasteiger partial charge in [-0.25, -0.2) is 0 Å². The van der Waals surface area contributed by atoms with Gasteiger partial charge >= 0.3 is 0 Å². The lowest BCUT2D eigenvalue weighted by Crippen LogP contribution is -2.38. The first-order valence-corrected chi connectivity index (χ1v) is 9.67. The largest absolute Gasteiger partial charge is 0.474 e. The normalized spacial score (nSPS) is 30.9. The highest BCUT2D eigenvalue weighted by molar-refractivity contribution is 5.47. The number of hydrogen-bond acceptors (Lipinski definition) is 5. The molecular formula is C20H32N4O. The second kappa shape index (κ2) is 5.85. The van der Waals surface area contributed by atoms with Crippen molar-refractivity contribution in [1.29, 1.82) is 0 Å². The molecule has 5 nitrogen and oxygen atoms in total. The number of pyridine rings is 1. The van der Waals surface area contributed by atoms with E-state index in [0.717, 1.165) is 43.4 Å². The van der Waals surface area contributed by atoms with Crippen molar-refractivity contribution in [2.24, 2.45) is 23.0 Å². The van der Waals surface area contributed by atoms with Crippen LogP contribution >= 0.6 is 0 Å². The average Bonchev–Trinajstić information content (AvgIpc) is 2.95. The van der Waals surface area contributed by atoms with Gasteiger partial charge in [0.2, 0.25) is 5.88 Å². The van der Waals surface area contributed by atoms with Crippen LogP contribution in [0.4, 0.5) is 5.82 Å². The molecule has 1 aliphatic carbocycles. The Balaban J connectivity index is 1.56. The van der Waals surface area contributed by atoms with Crippen LogP contribution in [0.3, 0.4) is 0 Å². The van der Waals surface area contributed by atoms with Crippen LogP contribution in [-0.2, 0) is 5.54 Å². The van der Waals surface area contributed by atoms with Crippen molar-refractivity contribution in [2.45, 2.75) is 52.2 Å². The zero-order valence-corrected chi connectivity index (χ0v) is 16.0. The fourth-order valence-electron chi connectivity index (χ4n) is 4.10. The van der Waals surface area contributed by atoms with E-state index < -0.39 is 5.54 Å². The number of hydrogen-bond donors (Lipinski definition) is 2. The lowest BCUT2D eigenvalue weighted by Gasteiger charge is -2.38. The first kappa shape index (κ1) is 17.1. The van der Waals surface area contributed by atoms with Crippen LogP contribution in [0.15, 0.2) is 12.1 Å². The Morgan fingerprint density at radius 1 is 1.20 bits per heavy atom. The maximum absolute atomic E-state index is 6.39. The highest BCUT2D eigenvalue weighted by atomic mass is 16.5. The number of nitrogens with two attached hydrogens (primary N) is 1. The van der Waals surface area contributed by atoms with Crippen molar-refractivity contribution >= 4 is 5.82 Å². The molecule has 0 spiro atoms. The summed E-state index contributed by atoms with van der Waals surface area (Å²) in [7, 11) is 0. The maximum Gasteiger partial charge on any atom is 0.215 e. The minimum Gasteiger partial charge on any atom is -0.474 e. The number of nitrogens with zero attached hydrogens (tertiary/aromatic N) is 2. The summed E-state index contributed by atoms with van der Waals surface area (Å²) in [5.74, 6) is 3.09. The van der Waals surface area contributed by atoms with Gasteiger partial charge in [0.05, 0.1) is 0 Å². The van der Waals surface area contributed by atoms with Gasteiger partial charge in [-0.15, -0.1) is 0 Å². The summed E-state index contributed by atoms with van der Waals surface area (Å²) < 4.78 is 6.27. The van der Waals surface area contributed by atoms with E-state index in [1.165, 1.54) is 12.8 Å². The SMILES string of the molecule is CC1(C)CCN(c2cc(C(C)(C)N)cc(OC3C4CNCC43)n2)CC1. The Bertz CT molecular complexity index is 632. The molecule has 2 atom stereocenters. The van der Waals surface area contributed by atoms with E-state index >= 15 is 0 Å². The smallest absolute Gasteiger partial charge is 0.215 e. The minimum atomic E-state index is -0.397. The van der Waals surface area contributed by atoms with Crippen LogP contribution in [-0.4, -0.2) is 37.3 Å². The van der Waals surface area contributed by atoms with E-state index in [1.807, 2.05) is 19.9 Å². The Morgan fingerprint density at radius 3 is 2.44 bits per heavy atom. The van der Waals surface area contributed by atoms with Crippen LogP contribution in [0.2, 0.25) is 0 Å². The fraction of sp³-hybridized carbons (Fsp3) is 0.750. The summed E-state index contributed by atoms with van der Waals surface area (Å²) in [5, 5.41) is 3.42. The number of rotatable bonds is 4. The Labute approximate surface area is 151 Å². The molecule has 1 aromatic heterocycles. The summed E-state index contributed by atoms with van der Waals surface area (Å²) >= 11 is 0. The average molecular weight is 345 g/mol. The third-order valence-electron chi connectivity index (χ3n) is 6.24. The summed E-state index contributed by atoms with van der Waals surface area (Å²) in [5.41, 5.74) is 7.52. The minimum absolute atomic E-state index is 0.332. The predicted octanol–water partition coefficient (Wildman–Crippen LogP) is 2.50. The Morgan fingerprint density at radius 2 is 1.84 bits per heavy atom. The highest BCUT2D eigenvalue weighted by Gasteiger charge is 2.55. The summed E-state index contributed by atoms with van der Waals surface area (Å²) in [4.78, 5) is 7.25. The van der Waals surface area contributed by atoms with E-state index in [4.69, 9.17) is 15.5 Å². The summed E-state index contributed by atoms with van der Waals surface area (Å²) in [6.45, 7) is 13.0. The lowest BCUT2D eigenvalue weighted by molar-refractivity contribution is 0.250. The molecule has 4 rings (SSSR count). The van der Waals surface area contributed by atoms with Crippen LogP contribution in [0.1, 0.15) is 46.1 Å². The van der Waals surface area contributed by atoms with Crippen molar-refractivity contribution < 1.29 is 4.74 Å². The Hall–Kier alpha value is -1.33. The van der Waals surface area contributed by atoms with Crippen LogP contribution in [0.5, 0.6) is 5.88 Å². The van der Waals surface area contributed by atoms with E-state index in [2.05, 4.69) is 30.1 Å². The summed E-state index contributed by atoms with van der Waals surface area (Å²) in [6, 6.07) is 4.19. The molecule has 3 fully saturated rings. The number of anilines is 1. The van der Waals surface area contributed by atoms with Gasteiger partial charge in [0.15, 0.2) is 0 Å². The van der Waals surface area contributed by atoms with Crippen LogP contribution < -0.4 is 20.7 Å². The Kier molecular flexibility index (Phi) is 4.00. The molecule has 1 aromatic rings. The summed E-state index contributed by atoms with van der Waals surface area (Å²) in [6.07, 6.45) is 2.72. The molecule has 25 heavy (non-hydrogen) atoms. The van der Waals surface area contributed by atoms with Gasteiger partial charge in [-0.3, -0.25) is 0 Å². The van der Waals surface area contributed by atoms with Gasteiger partial charge in [0.25, 0.3) is 0 Å². The molecule has 3 N–H and O–H groups in total. The second-order valence-electron chi connectivity index (χ2n) is 9.49. The third kappa shape index (κ3) is 3.49. The topological polar surface area (TPSA) is 63.4 Å². The molecule has 0 bridgehead atoms. The quantitative estimate of drug-likeness (QED) is 0.879. The standard InChI is InChI=1S/C20H32N4O/c1-19(2)5-7-24(8-6-19)16-9-13(20(3,4)21)10-17(23-16)25-18-14-11-22-12-15(14)18/h9-10,14-15,18,22H,5-8,11-12,21H2,1-4H3. The molecule has 0 radical (unpaired) electrons. The van der Waals surface area contributed by atoms with Gasteiger partial charge in [-0.05, 0) is 43.7 Å². The highest BCUT2D eigenvalue weighted by Crippen LogP contribution is 2.45. The van der Waals surface area contributed by atoms with E-state index in [0.29, 0.717) is 23.4 Å². The van der Waals surface area contributed by atoms with Gasteiger partial charge in [-0.2, -0.15) is 4.98 Å². The van der Waals surface area contributed by atoms with Gasteiger partial charge in [0, 0.05) is 49.6 Å². The molecule has 138 valence electrons. The fourth-order valence-corrected chi connectivity index (χ4v) is 4.10. The number of fused-ring (bicyclic) bond motifs is 1. The zero-order chi connectivity index (χ0) is 17.8. The van der Waals surface area contributed by atoms with Crippen LogP contribution in [0, 0.1) is 17.3 Å². The number of nitrogens with one attached hydrogen (secondary N) is 1. The molecule has 1 saturated carbocycles. The van der Waals surface area contributed by atoms with Gasteiger partial charge < -0.3 is 20.7 Å². The first-order chi connectivity index (χ1) is 11.7. The van der Waals surface area contributed by atoms with Gasteiger partial charge in [0.1, 0.15) is 11.9 Å². The molecule has 3 heterocycles. The lowest BCUT2D eigenvalue weighted by atomic mass is 9.82. The van der Waals surface area contributed by atoms with Crippen molar-refractivity contribution in [1.82, 2.24) is 10.3 Å². The third-order valence-corrected chi connectivity index (χ3v) is 6.24. The van der Waals surface area contributed by atoms with Crippen molar-refractivity contribution in [2.75, 3.05) is 31.1 Å². The molecule has 2 unspecified atom stereocenters. The number of piperidine rings is 2. The number of ether oxygens (including phenoxy) is 1. The van der Waals surface area contributed by atoms with E-state index in [9.17, 15) is 0 Å². The predicted molar refractivity (Wildman–Crippen MR) is 101 cm³/mol. The maximum atomic E-state index is 6.39. The molecular weight excluding hydrogens is 312 g/mol. The van der Waals surface area contributed by atoms with Crippen molar-refractivity contribution in [3.05, 3.63) is 17.7 Å².